The molecule has 0 spiro atoms. The highest BCUT2D eigenvalue weighted by Gasteiger charge is 2.11. The first-order chi connectivity index (χ1) is 6.43. The molecule has 0 fully saturated rings. The Morgan fingerprint density at radius 1 is 0.929 bits per heavy atom. The number of phenolic OH excluding ortho intramolecular Hbond substituents is 1. The summed E-state index contributed by atoms with van der Waals surface area (Å²) in [7, 11) is 0. The highest BCUT2D eigenvalue weighted by molar-refractivity contribution is 5.44. The Morgan fingerprint density at radius 3 is 1.86 bits per heavy atom. The summed E-state index contributed by atoms with van der Waals surface area (Å²) >= 11 is 0. The minimum Gasteiger partial charge on any atom is -0.508 e. The third kappa shape index (κ3) is 2.09. The molecule has 0 aliphatic heterocycles. The van der Waals surface area contributed by atoms with Gasteiger partial charge in [0.25, 0.3) is 0 Å². The molecule has 0 aliphatic rings. The van der Waals surface area contributed by atoms with Crippen LogP contribution in [-0.2, 0) is 0 Å². The molecule has 0 atom stereocenters. The highest BCUT2D eigenvalue weighted by atomic mass is 16.3. The average molecular weight is 192 g/mol. The minimum atomic E-state index is 0.382. The molecule has 1 heteroatoms. The topological polar surface area (TPSA) is 20.2 Å². The molecule has 1 nitrogen and oxygen atoms in total. The molecule has 1 aromatic rings. The van der Waals surface area contributed by atoms with Gasteiger partial charge in [0.2, 0.25) is 0 Å². The van der Waals surface area contributed by atoms with E-state index in [9.17, 15) is 5.11 Å². The van der Waals surface area contributed by atoms with Gasteiger partial charge in [-0.2, -0.15) is 0 Å². The van der Waals surface area contributed by atoms with Crippen molar-refractivity contribution in [1.29, 1.82) is 0 Å². The van der Waals surface area contributed by atoms with E-state index in [1.807, 2.05) is 6.07 Å². The maximum atomic E-state index is 9.77. The van der Waals surface area contributed by atoms with Gasteiger partial charge in [0.15, 0.2) is 0 Å². The fraction of sp³-hybridized carbons (Fsp3) is 0.538. The normalized spacial score (nSPS) is 11.4. The van der Waals surface area contributed by atoms with Crippen LogP contribution in [0, 0.1) is 6.92 Å². The van der Waals surface area contributed by atoms with Crippen molar-refractivity contribution in [1.82, 2.24) is 0 Å². The van der Waals surface area contributed by atoms with E-state index in [4.69, 9.17) is 0 Å². The van der Waals surface area contributed by atoms with Crippen molar-refractivity contribution in [3.8, 4) is 5.75 Å². The van der Waals surface area contributed by atoms with Gasteiger partial charge in [0.05, 0.1) is 0 Å². The summed E-state index contributed by atoms with van der Waals surface area (Å²) in [5.41, 5.74) is 3.58. The summed E-state index contributed by atoms with van der Waals surface area (Å²) in [5, 5.41) is 9.77. The van der Waals surface area contributed by atoms with Crippen molar-refractivity contribution in [2.75, 3.05) is 0 Å². The van der Waals surface area contributed by atoms with Crippen LogP contribution in [0.15, 0.2) is 12.1 Å². The number of rotatable bonds is 2. The molecule has 1 rings (SSSR count). The van der Waals surface area contributed by atoms with Crippen LogP contribution in [0.25, 0.3) is 0 Å². The second-order valence-corrected chi connectivity index (χ2v) is 4.58. The van der Waals surface area contributed by atoms with Crippen LogP contribution in [0.5, 0.6) is 5.75 Å². The van der Waals surface area contributed by atoms with Gasteiger partial charge < -0.3 is 5.11 Å². The predicted octanol–water partition coefficient (Wildman–Crippen LogP) is 3.95. The average Bonchev–Trinajstić information content (AvgIpc) is 2.02. The van der Waals surface area contributed by atoms with Crippen molar-refractivity contribution in [2.45, 2.75) is 46.5 Å². The van der Waals surface area contributed by atoms with Gasteiger partial charge in [-0.25, -0.2) is 0 Å². The molecule has 78 valence electrons. The Kier molecular flexibility index (Phi) is 3.20. The molecule has 1 N–H and O–H groups in total. The highest BCUT2D eigenvalue weighted by Crippen LogP contribution is 2.31. The Labute approximate surface area is 86.8 Å². The van der Waals surface area contributed by atoms with E-state index in [2.05, 4.69) is 40.7 Å². The van der Waals surface area contributed by atoms with Crippen molar-refractivity contribution < 1.29 is 5.11 Å². The monoisotopic (exact) mass is 192 g/mol. The van der Waals surface area contributed by atoms with Crippen LogP contribution in [0.4, 0.5) is 0 Å². The van der Waals surface area contributed by atoms with Crippen LogP contribution < -0.4 is 0 Å². The lowest BCUT2D eigenvalue weighted by molar-refractivity contribution is 0.464. The van der Waals surface area contributed by atoms with Gasteiger partial charge in [0.1, 0.15) is 5.75 Å². The summed E-state index contributed by atoms with van der Waals surface area (Å²) in [6.45, 7) is 10.6. The predicted molar refractivity (Wildman–Crippen MR) is 61.0 cm³/mol. The molecule has 14 heavy (non-hydrogen) atoms. The maximum absolute atomic E-state index is 9.77. The lowest BCUT2D eigenvalue weighted by Crippen LogP contribution is -1.96. The number of hydrogen-bond donors (Lipinski definition) is 1. The van der Waals surface area contributed by atoms with Crippen LogP contribution in [0.3, 0.4) is 0 Å². The van der Waals surface area contributed by atoms with Gasteiger partial charge in [-0.15, -0.1) is 0 Å². The SMILES string of the molecule is Cc1cc(O)c(C(C)C)cc1C(C)C. The third-order valence-corrected chi connectivity index (χ3v) is 2.66. The number of phenols is 1. The van der Waals surface area contributed by atoms with Gasteiger partial charge in [-0.3, -0.25) is 0 Å². The molecule has 0 heterocycles. The van der Waals surface area contributed by atoms with Crippen LogP contribution in [0.2, 0.25) is 0 Å². The van der Waals surface area contributed by atoms with E-state index in [-0.39, 0.29) is 0 Å². The Balaban J connectivity index is 3.27. The maximum Gasteiger partial charge on any atom is 0.119 e. The van der Waals surface area contributed by atoms with Crippen LogP contribution in [0.1, 0.15) is 56.2 Å². The van der Waals surface area contributed by atoms with Crippen LogP contribution in [-0.4, -0.2) is 5.11 Å². The fourth-order valence-electron chi connectivity index (χ4n) is 1.81. The molecule has 0 saturated carbocycles. The van der Waals surface area contributed by atoms with Crippen molar-refractivity contribution >= 4 is 0 Å². The summed E-state index contributed by atoms with van der Waals surface area (Å²) < 4.78 is 0. The van der Waals surface area contributed by atoms with E-state index in [1.165, 1.54) is 11.1 Å². The standard InChI is InChI=1S/C13H20O/c1-8(2)11-7-12(9(3)4)13(14)6-10(11)5/h6-9,14H,1-5H3. The second-order valence-electron chi connectivity index (χ2n) is 4.58. The number of aryl methyl sites for hydroxylation is 1. The second kappa shape index (κ2) is 4.04. The molecular formula is C13H20O. The lowest BCUT2D eigenvalue weighted by Gasteiger charge is -2.15. The molecule has 0 saturated heterocycles. The van der Waals surface area contributed by atoms with E-state index < -0.39 is 0 Å². The van der Waals surface area contributed by atoms with E-state index >= 15 is 0 Å². The summed E-state index contributed by atoms with van der Waals surface area (Å²) in [5.74, 6) is 1.34. The van der Waals surface area contributed by atoms with Gasteiger partial charge >= 0.3 is 0 Å². The quantitative estimate of drug-likeness (QED) is 0.752. The molecule has 0 radical (unpaired) electrons. The summed E-state index contributed by atoms with van der Waals surface area (Å²) in [6, 6.07) is 4.02. The Hall–Kier alpha value is -0.980. The van der Waals surface area contributed by atoms with E-state index in [1.54, 1.807) is 0 Å². The third-order valence-electron chi connectivity index (χ3n) is 2.66. The van der Waals surface area contributed by atoms with Crippen molar-refractivity contribution in [3.05, 3.63) is 28.8 Å². The molecule has 0 amide bonds. The zero-order chi connectivity index (χ0) is 10.9. The van der Waals surface area contributed by atoms with E-state index in [0.717, 1.165) is 5.56 Å². The summed E-state index contributed by atoms with van der Waals surface area (Å²) in [6.07, 6.45) is 0. The first-order valence-electron chi connectivity index (χ1n) is 5.27. The summed E-state index contributed by atoms with van der Waals surface area (Å²) in [4.78, 5) is 0. The molecule has 0 aliphatic carbocycles. The number of benzene rings is 1. The van der Waals surface area contributed by atoms with Crippen LogP contribution >= 0.6 is 0 Å². The molecule has 1 aromatic carbocycles. The van der Waals surface area contributed by atoms with Gasteiger partial charge in [0, 0.05) is 0 Å². The molecule has 0 unspecified atom stereocenters. The van der Waals surface area contributed by atoms with Crippen molar-refractivity contribution in [2.24, 2.45) is 0 Å². The number of aromatic hydroxyl groups is 1. The molecule has 0 bridgehead atoms. The lowest BCUT2D eigenvalue weighted by atomic mass is 9.91. The Morgan fingerprint density at radius 2 is 1.43 bits per heavy atom. The first-order valence-corrected chi connectivity index (χ1v) is 5.27. The van der Waals surface area contributed by atoms with Gasteiger partial charge in [-0.05, 0) is 41.5 Å². The largest absolute Gasteiger partial charge is 0.508 e. The fourth-order valence-corrected chi connectivity index (χ4v) is 1.81. The first kappa shape index (κ1) is 11.1. The zero-order valence-electron chi connectivity index (χ0n) is 9.76. The smallest absolute Gasteiger partial charge is 0.119 e. The Bertz CT molecular complexity index is 295. The zero-order valence-corrected chi connectivity index (χ0v) is 9.76. The van der Waals surface area contributed by atoms with Gasteiger partial charge in [-0.1, -0.05) is 33.8 Å². The minimum absolute atomic E-state index is 0.382. The molecule has 0 aromatic heterocycles. The van der Waals surface area contributed by atoms with E-state index in [0.29, 0.717) is 17.6 Å². The molecular weight excluding hydrogens is 172 g/mol. The number of hydrogen-bond acceptors (Lipinski definition) is 1. The van der Waals surface area contributed by atoms with Crippen molar-refractivity contribution in [3.63, 3.8) is 0 Å².